The molecule has 3 aliphatic rings. The molecule has 2 aromatic rings. The van der Waals surface area contributed by atoms with Crippen molar-refractivity contribution in [2.75, 3.05) is 19.6 Å². The van der Waals surface area contributed by atoms with Crippen LogP contribution in [-0.4, -0.2) is 59.2 Å². The molecule has 5 rings (SSSR count). The van der Waals surface area contributed by atoms with Crippen LogP contribution in [0.25, 0.3) is 0 Å². The van der Waals surface area contributed by atoms with E-state index in [0.717, 1.165) is 37.0 Å². The lowest BCUT2D eigenvalue weighted by atomic mass is 9.74. The van der Waals surface area contributed by atoms with Gasteiger partial charge in [-0.1, -0.05) is 23.8 Å². The fourth-order valence-corrected chi connectivity index (χ4v) is 7.22. The number of carbonyl (C=O) groups excluding carboxylic acids is 2. The van der Waals surface area contributed by atoms with Crippen LogP contribution in [0, 0.1) is 24.6 Å². The highest BCUT2D eigenvalue weighted by atomic mass is 19.4. The Balaban J connectivity index is 1.34. The van der Waals surface area contributed by atoms with Gasteiger partial charge in [0.1, 0.15) is 11.4 Å². The number of likely N-dealkylation sites (tertiary alicyclic amines) is 1. The van der Waals surface area contributed by atoms with Crippen LogP contribution < -0.4 is 0 Å². The number of aryl methyl sites for hydroxylation is 1. The molecule has 0 bridgehead atoms. The Labute approximate surface area is 256 Å². The molecule has 6 nitrogen and oxygen atoms in total. The zero-order chi connectivity index (χ0) is 32.0. The molecule has 240 valence electrons. The lowest BCUT2D eigenvalue weighted by Crippen LogP contribution is -2.48. The first kappa shape index (κ1) is 32.3. The van der Waals surface area contributed by atoms with E-state index in [0.29, 0.717) is 37.2 Å². The normalized spacial score (nSPS) is 25.6. The monoisotopic (exact) mass is 618 g/mol. The van der Waals surface area contributed by atoms with Gasteiger partial charge in [-0.2, -0.15) is 13.2 Å². The first-order chi connectivity index (χ1) is 20.6. The third kappa shape index (κ3) is 7.22. The third-order valence-corrected chi connectivity index (χ3v) is 9.28. The molecule has 2 aromatic carbocycles. The van der Waals surface area contributed by atoms with Crippen LogP contribution in [0.5, 0.6) is 0 Å². The summed E-state index contributed by atoms with van der Waals surface area (Å²) in [5.74, 6) is -0.223. The van der Waals surface area contributed by atoms with E-state index < -0.39 is 29.5 Å². The first-order valence-corrected chi connectivity index (χ1v) is 15.5. The molecule has 10 heteroatoms. The Kier molecular flexibility index (Phi) is 9.04. The molecular weight excluding hydrogens is 576 g/mol. The summed E-state index contributed by atoms with van der Waals surface area (Å²) in [6.45, 7) is 10.3. The number of ether oxygens (including phenoxy) is 2. The van der Waals surface area contributed by atoms with E-state index in [2.05, 4.69) is 0 Å². The Bertz CT molecular complexity index is 1350. The maximum absolute atomic E-state index is 13.9. The van der Waals surface area contributed by atoms with Crippen LogP contribution in [0.2, 0.25) is 0 Å². The molecule has 2 amide bonds. The largest absolute Gasteiger partial charge is 0.444 e. The average Bonchev–Trinajstić information content (AvgIpc) is 3.30. The van der Waals surface area contributed by atoms with Crippen LogP contribution in [0.15, 0.2) is 42.5 Å². The summed E-state index contributed by atoms with van der Waals surface area (Å²) in [6.07, 6.45) is -3.25. The molecule has 0 aromatic heterocycles. The summed E-state index contributed by atoms with van der Waals surface area (Å²) in [6, 6.07) is 9.96. The first-order valence-electron chi connectivity index (χ1n) is 15.5. The minimum absolute atomic E-state index is 0.0293. The summed E-state index contributed by atoms with van der Waals surface area (Å²) >= 11 is 0. The molecule has 44 heavy (non-hydrogen) atoms. The maximum atomic E-state index is 13.9. The molecule has 3 aliphatic heterocycles. The lowest BCUT2D eigenvalue weighted by molar-refractivity contribution is -0.139. The van der Waals surface area contributed by atoms with Crippen molar-refractivity contribution in [3.05, 3.63) is 70.5 Å². The van der Waals surface area contributed by atoms with E-state index in [9.17, 15) is 27.2 Å². The van der Waals surface area contributed by atoms with Gasteiger partial charge in [-0.3, -0.25) is 4.79 Å². The average molecular weight is 619 g/mol. The summed E-state index contributed by atoms with van der Waals surface area (Å²) in [5, 5.41) is 0. The zero-order valence-corrected chi connectivity index (χ0v) is 26.0. The summed E-state index contributed by atoms with van der Waals surface area (Å²) in [7, 11) is 0. The summed E-state index contributed by atoms with van der Waals surface area (Å²) < 4.78 is 66.6. The number of alkyl halides is 3. The van der Waals surface area contributed by atoms with E-state index in [-0.39, 0.29) is 41.6 Å². The van der Waals surface area contributed by atoms with E-state index in [1.165, 1.54) is 12.1 Å². The van der Waals surface area contributed by atoms with Crippen molar-refractivity contribution in [1.29, 1.82) is 0 Å². The highest BCUT2D eigenvalue weighted by Gasteiger charge is 2.50. The predicted octanol–water partition coefficient (Wildman–Crippen LogP) is 7.65. The molecule has 3 unspecified atom stereocenters. The quantitative estimate of drug-likeness (QED) is 0.323. The molecular formula is C34H42F4N2O4. The van der Waals surface area contributed by atoms with Gasteiger partial charge in [-0.15, -0.1) is 0 Å². The Hall–Kier alpha value is -3.14. The number of carbonyl (C=O) groups is 2. The smallest absolute Gasteiger partial charge is 0.416 e. The molecule has 0 aliphatic carbocycles. The maximum Gasteiger partial charge on any atom is 0.416 e. The Morgan fingerprint density at radius 2 is 1.66 bits per heavy atom. The van der Waals surface area contributed by atoms with Gasteiger partial charge in [0.25, 0.3) is 0 Å². The fraction of sp³-hybridized carbons (Fsp3) is 0.588. The van der Waals surface area contributed by atoms with Gasteiger partial charge >= 0.3 is 12.3 Å². The summed E-state index contributed by atoms with van der Waals surface area (Å²) in [5.41, 5.74) is 0.448. The number of halogens is 4. The second-order valence-corrected chi connectivity index (χ2v) is 13.6. The molecule has 0 saturated carbocycles. The number of hydrogen-bond acceptors (Lipinski definition) is 4. The summed E-state index contributed by atoms with van der Waals surface area (Å²) in [4.78, 5) is 29.8. The highest BCUT2D eigenvalue weighted by Crippen LogP contribution is 2.46. The van der Waals surface area contributed by atoms with Crippen LogP contribution in [0.1, 0.15) is 87.7 Å². The van der Waals surface area contributed by atoms with Crippen molar-refractivity contribution in [3.63, 3.8) is 0 Å². The zero-order valence-electron chi connectivity index (χ0n) is 26.0. The number of hydrogen-bond donors (Lipinski definition) is 0. The number of rotatable bonds is 5. The number of piperidine rings is 2. The molecule has 5 atom stereocenters. The SMILES string of the molecule is Cc1cc([C@@H](C)O[C@H]2CN3C(=O)CC(C4CCN(C(=O)OC(C)(C)C)CC4)CC3C2c2ccc(F)cc2)cc(C(F)(F)F)c1. The molecule has 0 radical (unpaired) electrons. The number of nitrogens with zero attached hydrogens (tertiary/aromatic N) is 2. The van der Waals surface area contributed by atoms with Gasteiger partial charge in [0, 0.05) is 38.0 Å². The van der Waals surface area contributed by atoms with Gasteiger partial charge in [-0.05, 0) is 101 Å². The highest BCUT2D eigenvalue weighted by molar-refractivity contribution is 5.78. The third-order valence-electron chi connectivity index (χ3n) is 9.28. The fourth-order valence-electron chi connectivity index (χ4n) is 7.22. The van der Waals surface area contributed by atoms with Crippen molar-refractivity contribution in [1.82, 2.24) is 9.80 Å². The van der Waals surface area contributed by atoms with E-state index >= 15 is 0 Å². The molecule has 0 N–H and O–H groups in total. The number of benzene rings is 2. The topological polar surface area (TPSA) is 59.1 Å². The van der Waals surface area contributed by atoms with Crippen LogP contribution >= 0.6 is 0 Å². The molecule has 3 fully saturated rings. The predicted molar refractivity (Wildman–Crippen MR) is 157 cm³/mol. The molecule has 0 spiro atoms. The van der Waals surface area contributed by atoms with E-state index in [1.807, 2.05) is 25.7 Å². The molecule has 3 saturated heterocycles. The van der Waals surface area contributed by atoms with Gasteiger partial charge in [0.15, 0.2) is 0 Å². The standard InChI is InChI=1S/C34H42F4N2O4/c1-20-14-24(16-26(15-20)34(36,37)38)21(2)43-29-19-40-28(31(29)23-6-8-27(35)9-7-23)17-25(18-30(40)41)22-10-12-39(13-11-22)32(42)44-33(3,4)5/h6-9,14-16,21-22,25,28-29,31H,10-13,17-19H2,1-5H3/t21-,25?,28?,29+,31?/m1/s1. The second kappa shape index (κ2) is 12.3. The number of amides is 2. The van der Waals surface area contributed by atoms with Gasteiger partial charge in [0.2, 0.25) is 5.91 Å². The van der Waals surface area contributed by atoms with Crippen molar-refractivity contribution in [2.24, 2.45) is 11.8 Å². The Morgan fingerprint density at radius 3 is 2.27 bits per heavy atom. The molecule has 3 heterocycles. The second-order valence-electron chi connectivity index (χ2n) is 13.6. The van der Waals surface area contributed by atoms with E-state index in [4.69, 9.17) is 9.47 Å². The number of fused-ring (bicyclic) bond motifs is 1. The minimum atomic E-state index is -4.48. The van der Waals surface area contributed by atoms with Crippen molar-refractivity contribution in [2.45, 2.75) is 96.2 Å². The van der Waals surface area contributed by atoms with Crippen LogP contribution in [0.3, 0.4) is 0 Å². The van der Waals surface area contributed by atoms with Crippen LogP contribution in [0.4, 0.5) is 22.4 Å². The Morgan fingerprint density at radius 1 is 1.00 bits per heavy atom. The lowest BCUT2D eigenvalue weighted by Gasteiger charge is -2.42. The van der Waals surface area contributed by atoms with Gasteiger partial charge in [0.05, 0.1) is 17.8 Å². The van der Waals surface area contributed by atoms with Gasteiger partial charge < -0.3 is 19.3 Å². The minimum Gasteiger partial charge on any atom is -0.444 e. The van der Waals surface area contributed by atoms with Crippen molar-refractivity contribution in [3.8, 4) is 0 Å². The van der Waals surface area contributed by atoms with Crippen molar-refractivity contribution < 1.29 is 36.6 Å². The van der Waals surface area contributed by atoms with Gasteiger partial charge in [-0.25, -0.2) is 9.18 Å². The van der Waals surface area contributed by atoms with E-state index in [1.54, 1.807) is 36.9 Å². The van der Waals surface area contributed by atoms with Crippen molar-refractivity contribution >= 4 is 12.0 Å². The van der Waals surface area contributed by atoms with Crippen LogP contribution in [-0.2, 0) is 20.4 Å².